The quantitative estimate of drug-likeness (QED) is 0.802. The summed E-state index contributed by atoms with van der Waals surface area (Å²) in [5, 5.41) is 19.0. The van der Waals surface area contributed by atoms with Gasteiger partial charge in [0.25, 0.3) is 0 Å². The summed E-state index contributed by atoms with van der Waals surface area (Å²) in [7, 11) is 0. The van der Waals surface area contributed by atoms with Gasteiger partial charge in [-0.25, -0.2) is 9.59 Å². The highest BCUT2D eigenvalue weighted by Gasteiger charge is 2.20. The zero-order valence-electron chi connectivity index (χ0n) is 13.4. The van der Waals surface area contributed by atoms with Gasteiger partial charge in [-0.1, -0.05) is 35.5 Å². The van der Waals surface area contributed by atoms with Gasteiger partial charge in [0.1, 0.15) is 0 Å². The van der Waals surface area contributed by atoms with Gasteiger partial charge >= 0.3 is 11.9 Å². The van der Waals surface area contributed by atoms with Gasteiger partial charge in [-0.05, 0) is 61.8 Å². The molecule has 6 aliphatic carbocycles. The van der Waals surface area contributed by atoms with Gasteiger partial charge < -0.3 is 10.2 Å². The van der Waals surface area contributed by atoms with Crippen LogP contribution in [0.2, 0.25) is 0 Å². The fourth-order valence-electron chi connectivity index (χ4n) is 3.26. The summed E-state index contributed by atoms with van der Waals surface area (Å²) >= 11 is 0. The summed E-state index contributed by atoms with van der Waals surface area (Å²) in [4.78, 5) is 23.3. The van der Waals surface area contributed by atoms with E-state index < -0.39 is 11.9 Å². The Morgan fingerprint density at radius 3 is 1.79 bits per heavy atom. The lowest BCUT2D eigenvalue weighted by Crippen LogP contribution is -2.11. The molecule has 4 bridgehead atoms. The molecular formula is C20H20O4. The summed E-state index contributed by atoms with van der Waals surface area (Å²) in [6.07, 6.45) is 16.2. The maximum absolute atomic E-state index is 11.7. The molecule has 0 radical (unpaired) electrons. The molecule has 124 valence electrons. The predicted octanol–water partition coefficient (Wildman–Crippen LogP) is 4.10. The van der Waals surface area contributed by atoms with E-state index in [1.54, 1.807) is 6.08 Å². The molecule has 0 atom stereocenters. The van der Waals surface area contributed by atoms with Crippen molar-refractivity contribution in [2.24, 2.45) is 0 Å². The van der Waals surface area contributed by atoms with Crippen molar-refractivity contribution >= 4 is 11.9 Å². The van der Waals surface area contributed by atoms with Gasteiger partial charge in [0, 0.05) is 0 Å². The minimum atomic E-state index is -1.20. The second-order valence-electron chi connectivity index (χ2n) is 6.36. The number of carboxylic acids is 2. The molecule has 0 spiro atoms. The number of hydrogen-bond acceptors (Lipinski definition) is 2. The van der Waals surface area contributed by atoms with Crippen molar-refractivity contribution in [2.75, 3.05) is 0 Å². The molecular weight excluding hydrogens is 304 g/mol. The second-order valence-corrected chi connectivity index (χ2v) is 6.36. The van der Waals surface area contributed by atoms with Gasteiger partial charge in [-0.15, -0.1) is 0 Å². The molecule has 0 aromatic heterocycles. The van der Waals surface area contributed by atoms with E-state index in [4.69, 9.17) is 0 Å². The highest BCUT2D eigenvalue weighted by molar-refractivity contribution is 6.03. The van der Waals surface area contributed by atoms with Crippen LogP contribution in [0.25, 0.3) is 0 Å². The van der Waals surface area contributed by atoms with Crippen molar-refractivity contribution in [3.05, 3.63) is 69.9 Å². The zero-order chi connectivity index (χ0) is 17.1. The topological polar surface area (TPSA) is 74.6 Å². The molecule has 0 heterocycles. The number of allylic oxidation sites excluding steroid dienone is 8. The third-order valence-corrected chi connectivity index (χ3v) is 4.71. The molecule has 0 unspecified atom stereocenters. The lowest BCUT2D eigenvalue weighted by Gasteiger charge is -2.19. The van der Waals surface area contributed by atoms with Crippen molar-refractivity contribution in [3.8, 4) is 0 Å². The Morgan fingerprint density at radius 2 is 1.21 bits per heavy atom. The van der Waals surface area contributed by atoms with Crippen LogP contribution in [0.3, 0.4) is 0 Å². The average molecular weight is 324 g/mol. The van der Waals surface area contributed by atoms with Gasteiger partial charge in [-0.3, -0.25) is 0 Å². The summed E-state index contributed by atoms with van der Waals surface area (Å²) in [6, 6.07) is 0. The van der Waals surface area contributed by atoms with E-state index >= 15 is 0 Å². The van der Waals surface area contributed by atoms with Crippen molar-refractivity contribution in [1.82, 2.24) is 0 Å². The van der Waals surface area contributed by atoms with Crippen LogP contribution in [0.15, 0.2) is 69.9 Å². The Labute approximate surface area is 140 Å². The van der Waals surface area contributed by atoms with Crippen molar-refractivity contribution in [2.45, 2.75) is 38.5 Å². The number of aliphatic carboxylic acids is 2. The number of carboxylic acid groups (broad SMARTS) is 2. The molecule has 0 saturated heterocycles. The summed E-state index contributed by atoms with van der Waals surface area (Å²) in [6.45, 7) is 0. The Balaban J connectivity index is 2.18. The van der Waals surface area contributed by atoms with Gasteiger partial charge in [-0.2, -0.15) is 0 Å². The standard InChI is InChI=1S/C20H20O4/c21-19(22)17-11-15-7-3-13(4-8-15)1-2-14-5-9-16(10-6-14)12-18(17)20(23)24/h1-3,7,11-12H,4-6,8-10H2,(H,21,22)(H,23,24). The Bertz CT molecular complexity index is 757. The van der Waals surface area contributed by atoms with Crippen LogP contribution in [0, 0.1) is 0 Å². The fourth-order valence-corrected chi connectivity index (χ4v) is 3.26. The maximum atomic E-state index is 11.7. The van der Waals surface area contributed by atoms with Crippen LogP contribution in [0.1, 0.15) is 38.5 Å². The van der Waals surface area contributed by atoms with Crippen LogP contribution in [-0.2, 0) is 9.59 Å². The normalized spacial score (nSPS) is 20.8. The second kappa shape index (κ2) is 6.87. The van der Waals surface area contributed by atoms with Gasteiger partial charge in [0.15, 0.2) is 0 Å². The maximum Gasteiger partial charge on any atom is 0.336 e. The predicted molar refractivity (Wildman–Crippen MR) is 91.5 cm³/mol. The van der Waals surface area contributed by atoms with E-state index in [2.05, 4.69) is 12.2 Å². The van der Waals surface area contributed by atoms with Crippen LogP contribution >= 0.6 is 0 Å². The van der Waals surface area contributed by atoms with Crippen LogP contribution in [-0.4, -0.2) is 22.2 Å². The Hall–Kier alpha value is -2.62. The van der Waals surface area contributed by atoms with E-state index in [9.17, 15) is 19.8 Å². The minimum absolute atomic E-state index is 0.121. The number of carbonyl (C=O) groups is 2. The van der Waals surface area contributed by atoms with Crippen molar-refractivity contribution in [3.63, 3.8) is 0 Å². The van der Waals surface area contributed by atoms with Crippen LogP contribution in [0.5, 0.6) is 0 Å². The fraction of sp³-hybridized carbons (Fsp3) is 0.300. The molecule has 0 amide bonds. The van der Waals surface area contributed by atoms with Crippen LogP contribution < -0.4 is 0 Å². The van der Waals surface area contributed by atoms with Crippen molar-refractivity contribution in [1.29, 1.82) is 0 Å². The molecule has 4 heteroatoms. The smallest absolute Gasteiger partial charge is 0.336 e. The molecule has 6 aliphatic rings. The molecule has 6 rings (SSSR count). The first kappa shape index (κ1) is 16.2. The lowest BCUT2D eigenvalue weighted by atomic mass is 9.87. The number of hydrogen-bond donors (Lipinski definition) is 2. The minimum Gasteiger partial charge on any atom is -0.478 e. The molecule has 4 nitrogen and oxygen atoms in total. The van der Waals surface area contributed by atoms with Crippen LogP contribution in [0.4, 0.5) is 0 Å². The van der Waals surface area contributed by atoms with E-state index in [1.807, 2.05) is 12.2 Å². The monoisotopic (exact) mass is 324 g/mol. The average Bonchev–Trinajstić information content (AvgIpc) is 2.58. The van der Waals surface area contributed by atoms with E-state index in [-0.39, 0.29) is 11.1 Å². The molecule has 1 fully saturated rings. The zero-order valence-corrected chi connectivity index (χ0v) is 13.4. The molecule has 2 N–H and O–H groups in total. The third-order valence-electron chi connectivity index (χ3n) is 4.71. The summed E-state index contributed by atoms with van der Waals surface area (Å²) in [5.74, 6) is -2.39. The molecule has 0 aliphatic heterocycles. The Morgan fingerprint density at radius 1 is 0.667 bits per heavy atom. The first-order valence-corrected chi connectivity index (χ1v) is 8.20. The molecule has 0 aromatic carbocycles. The van der Waals surface area contributed by atoms with Gasteiger partial charge in [0.05, 0.1) is 11.1 Å². The largest absolute Gasteiger partial charge is 0.478 e. The SMILES string of the molecule is O=C(O)C1=C(C(=O)O)C=C2CCC(=CC=C3C=CC(=C1)CC3)CC2. The molecule has 0 aromatic rings. The summed E-state index contributed by atoms with van der Waals surface area (Å²) in [5.41, 5.74) is 4.18. The first-order chi connectivity index (χ1) is 11.5. The molecule has 24 heavy (non-hydrogen) atoms. The van der Waals surface area contributed by atoms with E-state index in [0.29, 0.717) is 6.42 Å². The van der Waals surface area contributed by atoms with Crippen molar-refractivity contribution < 1.29 is 19.8 Å². The Kier molecular flexibility index (Phi) is 4.65. The third kappa shape index (κ3) is 3.65. The number of rotatable bonds is 2. The lowest BCUT2D eigenvalue weighted by molar-refractivity contribution is -0.135. The molecule has 1 saturated carbocycles. The highest BCUT2D eigenvalue weighted by atomic mass is 16.4. The van der Waals surface area contributed by atoms with E-state index in [0.717, 1.165) is 43.3 Å². The highest BCUT2D eigenvalue weighted by Crippen LogP contribution is 2.31. The first-order valence-electron chi connectivity index (χ1n) is 8.20. The van der Waals surface area contributed by atoms with E-state index in [1.165, 1.54) is 17.2 Å². The van der Waals surface area contributed by atoms with Gasteiger partial charge in [0.2, 0.25) is 0 Å². The summed E-state index contributed by atoms with van der Waals surface area (Å²) < 4.78 is 0.